The molecule has 1 amide bonds. The maximum Gasteiger partial charge on any atom is 0.256 e. The molecule has 1 aromatic carbocycles. The molecular formula is C15H21FN2O2. The first-order valence-electron chi connectivity index (χ1n) is 7.02. The first-order chi connectivity index (χ1) is 9.65. The first-order valence-corrected chi connectivity index (χ1v) is 7.02. The van der Waals surface area contributed by atoms with Gasteiger partial charge in [0.15, 0.2) is 0 Å². The standard InChI is InChI=1S/C15H21FN2O2/c1-3-8-17-14-12(5-4-6-13(14)16)15(19)18(2)11-7-9-20-10-11/h4-6,11,17H,3,7-10H2,1-2H3. The van der Waals surface area contributed by atoms with E-state index in [2.05, 4.69) is 5.32 Å². The maximum atomic E-state index is 13.9. The number of nitrogens with zero attached hydrogens (tertiary/aromatic N) is 1. The van der Waals surface area contributed by atoms with E-state index < -0.39 is 0 Å². The molecule has 4 nitrogen and oxygen atoms in total. The molecule has 1 unspecified atom stereocenters. The number of carbonyl (C=O) groups is 1. The van der Waals surface area contributed by atoms with Gasteiger partial charge in [-0.05, 0) is 25.0 Å². The molecule has 0 aromatic heterocycles. The zero-order valence-electron chi connectivity index (χ0n) is 12.0. The molecule has 1 N–H and O–H groups in total. The molecule has 20 heavy (non-hydrogen) atoms. The predicted octanol–water partition coefficient (Wildman–Crippen LogP) is 2.51. The van der Waals surface area contributed by atoms with Crippen molar-refractivity contribution in [1.29, 1.82) is 0 Å². The fraction of sp³-hybridized carbons (Fsp3) is 0.533. The molecule has 0 bridgehead atoms. The number of hydrogen-bond donors (Lipinski definition) is 1. The van der Waals surface area contributed by atoms with Crippen molar-refractivity contribution in [2.24, 2.45) is 0 Å². The van der Waals surface area contributed by atoms with E-state index in [4.69, 9.17) is 4.74 Å². The molecule has 1 fully saturated rings. The van der Waals surface area contributed by atoms with Gasteiger partial charge in [-0.25, -0.2) is 4.39 Å². The Kier molecular flexibility index (Phi) is 4.95. The SMILES string of the molecule is CCCNc1c(F)cccc1C(=O)N(C)C1CCOC1. The Morgan fingerprint density at radius 2 is 2.35 bits per heavy atom. The minimum atomic E-state index is -0.389. The summed E-state index contributed by atoms with van der Waals surface area (Å²) >= 11 is 0. The summed E-state index contributed by atoms with van der Waals surface area (Å²) in [5.41, 5.74) is 0.679. The summed E-state index contributed by atoms with van der Waals surface area (Å²) in [5.74, 6) is -0.557. The number of likely N-dealkylation sites (N-methyl/N-ethyl adjacent to an activating group) is 1. The first kappa shape index (κ1) is 14.8. The summed E-state index contributed by atoms with van der Waals surface area (Å²) in [5, 5.41) is 3.00. The summed E-state index contributed by atoms with van der Waals surface area (Å²) in [6, 6.07) is 4.67. The summed E-state index contributed by atoms with van der Waals surface area (Å²) in [7, 11) is 1.75. The van der Waals surface area contributed by atoms with Crippen molar-refractivity contribution in [3.63, 3.8) is 0 Å². The van der Waals surface area contributed by atoms with Gasteiger partial charge in [0, 0.05) is 20.2 Å². The van der Waals surface area contributed by atoms with E-state index >= 15 is 0 Å². The van der Waals surface area contributed by atoms with E-state index in [0.717, 1.165) is 12.8 Å². The Morgan fingerprint density at radius 1 is 1.55 bits per heavy atom. The highest BCUT2D eigenvalue weighted by Crippen LogP contribution is 2.23. The lowest BCUT2D eigenvalue weighted by atomic mass is 10.1. The molecule has 0 saturated carbocycles. The Morgan fingerprint density at radius 3 is 3.00 bits per heavy atom. The molecule has 0 spiro atoms. The number of hydrogen-bond acceptors (Lipinski definition) is 3. The highest BCUT2D eigenvalue weighted by atomic mass is 19.1. The Hall–Kier alpha value is -1.62. The molecule has 1 aliphatic heterocycles. The van der Waals surface area contributed by atoms with Crippen LogP contribution in [0.4, 0.5) is 10.1 Å². The Labute approximate surface area is 118 Å². The summed E-state index contributed by atoms with van der Waals surface area (Å²) in [4.78, 5) is 14.2. The van der Waals surface area contributed by atoms with Crippen LogP contribution >= 0.6 is 0 Å². The largest absolute Gasteiger partial charge is 0.382 e. The molecule has 0 aliphatic carbocycles. The topological polar surface area (TPSA) is 41.6 Å². The zero-order chi connectivity index (χ0) is 14.5. The second-order valence-corrected chi connectivity index (χ2v) is 5.02. The van der Waals surface area contributed by atoms with E-state index in [9.17, 15) is 9.18 Å². The quantitative estimate of drug-likeness (QED) is 0.901. The molecule has 1 aromatic rings. The highest BCUT2D eigenvalue weighted by Gasteiger charge is 2.26. The average Bonchev–Trinajstić information content (AvgIpc) is 2.98. The van der Waals surface area contributed by atoms with Crippen LogP contribution in [0.15, 0.2) is 18.2 Å². The van der Waals surface area contributed by atoms with Crippen LogP contribution in [0.25, 0.3) is 0 Å². The van der Waals surface area contributed by atoms with Gasteiger partial charge in [-0.1, -0.05) is 13.0 Å². The van der Waals surface area contributed by atoms with E-state index in [1.165, 1.54) is 6.07 Å². The fourth-order valence-corrected chi connectivity index (χ4v) is 2.32. The van der Waals surface area contributed by atoms with E-state index in [1.807, 2.05) is 6.92 Å². The third-order valence-corrected chi connectivity index (χ3v) is 3.57. The van der Waals surface area contributed by atoms with Crippen molar-refractivity contribution >= 4 is 11.6 Å². The zero-order valence-corrected chi connectivity index (χ0v) is 12.0. The number of amides is 1. The second kappa shape index (κ2) is 6.70. The van der Waals surface area contributed by atoms with E-state index in [0.29, 0.717) is 31.0 Å². The molecule has 0 radical (unpaired) electrons. The molecule has 1 atom stereocenters. The number of para-hydroxylation sites is 1. The summed E-state index contributed by atoms with van der Waals surface area (Å²) in [6.07, 6.45) is 1.70. The number of ether oxygens (including phenoxy) is 1. The fourth-order valence-electron chi connectivity index (χ4n) is 2.32. The molecule has 1 aliphatic rings. The molecule has 110 valence electrons. The maximum absolute atomic E-state index is 13.9. The van der Waals surface area contributed by atoms with Crippen molar-refractivity contribution in [1.82, 2.24) is 4.90 Å². The number of benzene rings is 1. The number of carbonyl (C=O) groups excluding carboxylic acids is 1. The summed E-state index contributed by atoms with van der Waals surface area (Å²) < 4.78 is 19.2. The summed E-state index contributed by atoms with van der Waals surface area (Å²) in [6.45, 7) is 3.86. The van der Waals surface area contributed by atoms with Crippen molar-refractivity contribution in [2.75, 3.05) is 32.1 Å². The lowest BCUT2D eigenvalue weighted by Crippen LogP contribution is -2.37. The van der Waals surface area contributed by atoms with Crippen LogP contribution in [0.5, 0.6) is 0 Å². The van der Waals surface area contributed by atoms with Gasteiger partial charge in [0.1, 0.15) is 5.82 Å². The number of rotatable bonds is 5. The van der Waals surface area contributed by atoms with Gasteiger partial charge in [-0.2, -0.15) is 0 Å². The van der Waals surface area contributed by atoms with E-state index in [1.54, 1.807) is 24.1 Å². The normalized spacial score (nSPS) is 18.1. The van der Waals surface area contributed by atoms with Crippen LogP contribution in [0.3, 0.4) is 0 Å². The molecule has 1 heterocycles. The Bertz CT molecular complexity index is 473. The average molecular weight is 280 g/mol. The monoisotopic (exact) mass is 280 g/mol. The van der Waals surface area contributed by atoms with Crippen LogP contribution < -0.4 is 5.32 Å². The number of nitrogens with one attached hydrogen (secondary N) is 1. The van der Waals surface area contributed by atoms with Gasteiger partial charge < -0.3 is 15.0 Å². The van der Waals surface area contributed by atoms with Crippen LogP contribution in [-0.4, -0.2) is 43.7 Å². The number of anilines is 1. The van der Waals surface area contributed by atoms with Gasteiger partial charge in [0.05, 0.1) is 23.9 Å². The predicted molar refractivity (Wildman–Crippen MR) is 76.5 cm³/mol. The van der Waals surface area contributed by atoms with Crippen LogP contribution in [-0.2, 0) is 4.74 Å². The third kappa shape index (κ3) is 3.10. The highest BCUT2D eigenvalue weighted by molar-refractivity contribution is 5.99. The minimum Gasteiger partial charge on any atom is -0.382 e. The van der Waals surface area contributed by atoms with Gasteiger partial charge in [-0.3, -0.25) is 4.79 Å². The van der Waals surface area contributed by atoms with Crippen LogP contribution in [0.1, 0.15) is 30.1 Å². The van der Waals surface area contributed by atoms with Crippen molar-refractivity contribution in [3.05, 3.63) is 29.6 Å². The van der Waals surface area contributed by atoms with Gasteiger partial charge >= 0.3 is 0 Å². The lowest BCUT2D eigenvalue weighted by Gasteiger charge is -2.24. The van der Waals surface area contributed by atoms with Crippen molar-refractivity contribution in [2.45, 2.75) is 25.8 Å². The molecule has 5 heteroatoms. The second-order valence-electron chi connectivity index (χ2n) is 5.02. The third-order valence-electron chi connectivity index (χ3n) is 3.57. The van der Waals surface area contributed by atoms with Crippen LogP contribution in [0.2, 0.25) is 0 Å². The van der Waals surface area contributed by atoms with Gasteiger partial charge in [-0.15, -0.1) is 0 Å². The lowest BCUT2D eigenvalue weighted by molar-refractivity contribution is 0.0712. The van der Waals surface area contributed by atoms with Crippen molar-refractivity contribution in [3.8, 4) is 0 Å². The molecule has 1 saturated heterocycles. The number of halogens is 1. The Balaban J connectivity index is 2.21. The van der Waals surface area contributed by atoms with E-state index in [-0.39, 0.29) is 17.8 Å². The van der Waals surface area contributed by atoms with Gasteiger partial charge in [0.25, 0.3) is 5.91 Å². The van der Waals surface area contributed by atoms with Gasteiger partial charge in [0.2, 0.25) is 0 Å². The van der Waals surface area contributed by atoms with Crippen LogP contribution in [0, 0.1) is 5.82 Å². The van der Waals surface area contributed by atoms with Crippen molar-refractivity contribution < 1.29 is 13.9 Å². The molecule has 2 rings (SSSR count). The smallest absolute Gasteiger partial charge is 0.256 e. The molecular weight excluding hydrogens is 259 g/mol. The minimum absolute atomic E-state index is 0.0739.